The van der Waals surface area contributed by atoms with Crippen molar-refractivity contribution in [2.75, 3.05) is 18.4 Å². The third kappa shape index (κ3) is 3.29. The second-order valence-corrected chi connectivity index (χ2v) is 7.91. The zero-order valence-corrected chi connectivity index (χ0v) is 16.3. The van der Waals surface area contributed by atoms with E-state index >= 15 is 0 Å². The van der Waals surface area contributed by atoms with E-state index < -0.39 is 0 Å². The summed E-state index contributed by atoms with van der Waals surface area (Å²) in [7, 11) is 0. The maximum absolute atomic E-state index is 12.5. The van der Waals surface area contributed by atoms with Gasteiger partial charge in [0.05, 0.1) is 5.57 Å². The van der Waals surface area contributed by atoms with Crippen molar-refractivity contribution < 1.29 is 14.3 Å². The van der Waals surface area contributed by atoms with Crippen molar-refractivity contribution in [3.63, 3.8) is 0 Å². The number of likely N-dealkylation sites (tertiary alicyclic amines) is 1. The summed E-state index contributed by atoms with van der Waals surface area (Å²) in [5, 5.41) is 5.92. The van der Waals surface area contributed by atoms with Crippen LogP contribution in [0.2, 0.25) is 0 Å². The minimum absolute atomic E-state index is 0.0321. The number of nitrogens with zero attached hydrogens (tertiary/aromatic N) is 1. The van der Waals surface area contributed by atoms with Crippen molar-refractivity contribution in [2.24, 2.45) is 0 Å². The quantitative estimate of drug-likeness (QED) is 0.792. The number of carbonyl (C=O) groups excluding carboxylic acids is 2. The fourth-order valence-electron chi connectivity index (χ4n) is 4.50. The Bertz CT molecular complexity index is 1040. The molecule has 2 aromatic rings. The van der Waals surface area contributed by atoms with Crippen LogP contribution < -0.4 is 10.6 Å². The van der Waals surface area contributed by atoms with Gasteiger partial charge in [-0.3, -0.25) is 14.5 Å². The number of carbonyl (C=O) groups is 2. The van der Waals surface area contributed by atoms with E-state index in [9.17, 15) is 9.59 Å². The molecule has 1 saturated heterocycles. The minimum Gasteiger partial charge on any atom is -0.487 e. The van der Waals surface area contributed by atoms with Gasteiger partial charge in [-0.25, -0.2) is 0 Å². The predicted molar refractivity (Wildman–Crippen MR) is 111 cm³/mol. The molecule has 1 unspecified atom stereocenters. The highest BCUT2D eigenvalue weighted by Crippen LogP contribution is 2.41. The van der Waals surface area contributed by atoms with Crippen molar-refractivity contribution in [3.8, 4) is 0 Å². The van der Waals surface area contributed by atoms with Crippen LogP contribution in [-0.4, -0.2) is 35.8 Å². The average Bonchev–Trinajstić information content (AvgIpc) is 3.37. The third-order valence-corrected chi connectivity index (χ3v) is 5.77. The molecule has 3 heterocycles. The van der Waals surface area contributed by atoms with Crippen LogP contribution in [0, 0.1) is 0 Å². The lowest BCUT2D eigenvalue weighted by Gasteiger charge is -2.16. The van der Waals surface area contributed by atoms with Crippen molar-refractivity contribution in [1.29, 1.82) is 0 Å². The van der Waals surface area contributed by atoms with Gasteiger partial charge in [0.2, 0.25) is 5.91 Å². The number of anilines is 1. The summed E-state index contributed by atoms with van der Waals surface area (Å²) in [6.07, 6.45) is 0.985. The molecule has 29 heavy (non-hydrogen) atoms. The van der Waals surface area contributed by atoms with Gasteiger partial charge >= 0.3 is 0 Å². The van der Waals surface area contributed by atoms with Gasteiger partial charge in [-0.15, -0.1) is 0 Å². The number of para-hydroxylation sites is 1. The highest BCUT2D eigenvalue weighted by molar-refractivity contribution is 6.36. The van der Waals surface area contributed by atoms with Gasteiger partial charge in [-0.2, -0.15) is 0 Å². The van der Waals surface area contributed by atoms with Gasteiger partial charge in [0.25, 0.3) is 5.91 Å². The Morgan fingerprint density at radius 3 is 2.97 bits per heavy atom. The van der Waals surface area contributed by atoms with Crippen LogP contribution in [0.15, 0.2) is 42.5 Å². The first-order chi connectivity index (χ1) is 14.1. The largest absolute Gasteiger partial charge is 0.487 e. The monoisotopic (exact) mass is 389 g/mol. The smallest absolute Gasteiger partial charge is 0.260 e. The molecule has 2 N–H and O–H groups in total. The first kappa shape index (κ1) is 17.9. The van der Waals surface area contributed by atoms with E-state index in [0.717, 1.165) is 48.4 Å². The summed E-state index contributed by atoms with van der Waals surface area (Å²) in [5.41, 5.74) is 5.66. The lowest BCUT2D eigenvalue weighted by atomic mass is 9.99. The lowest BCUT2D eigenvalue weighted by Crippen LogP contribution is -2.35. The third-order valence-electron chi connectivity index (χ3n) is 5.77. The number of hydrogen-bond acceptors (Lipinski definition) is 4. The fraction of sp³-hybridized carbons (Fsp3) is 0.304. The highest BCUT2D eigenvalue weighted by atomic mass is 16.5. The lowest BCUT2D eigenvalue weighted by molar-refractivity contribution is -0.119. The Balaban J connectivity index is 1.38. The number of fused-ring (bicyclic) bond motifs is 2. The summed E-state index contributed by atoms with van der Waals surface area (Å²) in [4.78, 5) is 26.2. The van der Waals surface area contributed by atoms with Gasteiger partial charge in [-0.1, -0.05) is 36.4 Å². The number of amides is 2. The summed E-state index contributed by atoms with van der Waals surface area (Å²) < 4.78 is 5.98. The van der Waals surface area contributed by atoms with Gasteiger partial charge in [-0.05, 0) is 18.1 Å². The van der Waals surface area contributed by atoms with Crippen LogP contribution in [0.4, 0.5) is 5.69 Å². The summed E-state index contributed by atoms with van der Waals surface area (Å²) >= 11 is 0. The Labute approximate surface area is 169 Å². The maximum atomic E-state index is 12.5. The minimum atomic E-state index is -0.112. The van der Waals surface area contributed by atoms with Gasteiger partial charge < -0.3 is 15.4 Å². The molecule has 5 rings (SSSR count). The first-order valence-electron chi connectivity index (χ1n) is 9.98. The van der Waals surface area contributed by atoms with Gasteiger partial charge in [0, 0.05) is 55.0 Å². The summed E-state index contributed by atoms with van der Waals surface area (Å²) in [6, 6.07) is 14.3. The molecule has 6 nitrogen and oxygen atoms in total. The van der Waals surface area contributed by atoms with Crippen LogP contribution in [0.5, 0.6) is 0 Å². The number of rotatable bonds is 3. The van der Waals surface area contributed by atoms with E-state index in [2.05, 4.69) is 33.7 Å². The van der Waals surface area contributed by atoms with Gasteiger partial charge in [0.1, 0.15) is 12.4 Å². The Kier molecular flexibility index (Phi) is 4.36. The maximum Gasteiger partial charge on any atom is 0.260 e. The van der Waals surface area contributed by atoms with E-state index in [1.54, 1.807) is 6.92 Å². The molecule has 148 valence electrons. The van der Waals surface area contributed by atoms with Crippen molar-refractivity contribution >= 4 is 28.8 Å². The van der Waals surface area contributed by atoms with Crippen molar-refractivity contribution in [3.05, 3.63) is 64.7 Å². The number of hydrogen-bond donors (Lipinski definition) is 2. The second-order valence-electron chi connectivity index (χ2n) is 7.91. The molecule has 0 aromatic heterocycles. The molecule has 3 aliphatic rings. The standard InChI is InChI=1S/C23H23N3O3/c1-14(27)24-17-8-9-26(12-17)11-15-6-7-18-16(10-15)13-29-22(18)21-19-4-2-3-5-20(19)25-23(21)28/h2-7,10,17H,8-9,11-13H2,1H3,(H,24,27)(H,25,28). The molecule has 0 bridgehead atoms. The molecule has 0 aliphatic carbocycles. The average molecular weight is 389 g/mol. The number of benzene rings is 2. The fourth-order valence-corrected chi connectivity index (χ4v) is 4.50. The summed E-state index contributed by atoms with van der Waals surface area (Å²) in [5.74, 6) is 0.588. The molecule has 6 heteroatoms. The normalized spacial score (nSPS) is 22.8. The molecule has 3 aliphatic heterocycles. The van der Waals surface area contributed by atoms with Crippen LogP contribution in [-0.2, 0) is 27.5 Å². The zero-order chi connectivity index (χ0) is 20.0. The molecule has 0 radical (unpaired) electrons. The predicted octanol–water partition coefficient (Wildman–Crippen LogP) is 2.75. The topological polar surface area (TPSA) is 70.7 Å². The van der Waals surface area contributed by atoms with Crippen LogP contribution in [0.25, 0.3) is 11.3 Å². The van der Waals surface area contributed by atoms with Gasteiger partial charge in [0.15, 0.2) is 0 Å². The molecule has 1 atom stereocenters. The second kappa shape index (κ2) is 7.04. The molecule has 0 saturated carbocycles. The highest BCUT2D eigenvalue weighted by Gasteiger charge is 2.32. The molecule has 2 aromatic carbocycles. The molecular formula is C23H23N3O3. The Morgan fingerprint density at radius 2 is 2.10 bits per heavy atom. The Morgan fingerprint density at radius 1 is 1.24 bits per heavy atom. The summed E-state index contributed by atoms with van der Waals surface area (Å²) in [6.45, 7) is 4.74. The van der Waals surface area contributed by atoms with E-state index in [1.165, 1.54) is 5.56 Å². The van der Waals surface area contributed by atoms with Crippen LogP contribution in [0.1, 0.15) is 35.6 Å². The number of nitrogens with one attached hydrogen (secondary N) is 2. The zero-order valence-electron chi connectivity index (χ0n) is 16.3. The van der Waals surface area contributed by atoms with Crippen LogP contribution >= 0.6 is 0 Å². The number of ether oxygens (including phenoxy) is 1. The Hall–Kier alpha value is -3.12. The van der Waals surface area contributed by atoms with Crippen molar-refractivity contribution in [2.45, 2.75) is 32.5 Å². The molecule has 1 fully saturated rings. The van der Waals surface area contributed by atoms with Crippen LogP contribution in [0.3, 0.4) is 0 Å². The molecule has 0 spiro atoms. The van der Waals surface area contributed by atoms with Crippen molar-refractivity contribution in [1.82, 2.24) is 10.2 Å². The molecular weight excluding hydrogens is 366 g/mol. The molecule has 2 amide bonds. The SMILES string of the molecule is CC(=O)NC1CCN(Cc2ccc3c(c2)COC3=C2C(=O)Nc3ccccc32)C1. The van der Waals surface area contributed by atoms with E-state index in [0.29, 0.717) is 17.9 Å². The van der Waals surface area contributed by atoms with E-state index in [4.69, 9.17) is 4.74 Å². The van der Waals surface area contributed by atoms with E-state index in [1.807, 2.05) is 24.3 Å². The van der Waals surface area contributed by atoms with E-state index in [-0.39, 0.29) is 17.9 Å². The first-order valence-corrected chi connectivity index (χ1v) is 9.98.